The van der Waals surface area contributed by atoms with Gasteiger partial charge in [0.25, 0.3) is 0 Å². The van der Waals surface area contributed by atoms with Crippen molar-refractivity contribution in [1.82, 2.24) is 14.9 Å². The highest BCUT2D eigenvalue weighted by Gasteiger charge is 1.96. The summed E-state index contributed by atoms with van der Waals surface area (Å²) < 4.78 is 0. The maximum absolute atomic E-state index is 5.12. The lowest BCUT2D eigenvalue weighted by Crippen LogP contribution is -2.13. The molecule has 1 aromatic rings. The van der Waals surface area contributed by atoms with E-state index in [1.54, 1.807) is 0 Å². The van der Waals surface area contributed by atoms with Crippen molar-refractivity contribution in [3.05, 3.63) is 0 Å². The smallest absolute Gasteiger partial charge is 0.243 e. The number of nitrogens with two attached hydrogens (primary N) is 3. The van der Waals surface area contributed by atoms with Crippen LogP contribution in [-0.2, 0) is 0 Å². The topological polar surface area (TPSA) is 109 Å². The summed E-state index contributed by atoms with van der Waals surface area (Å²) in [6.07, 6.45) is 0. The van der Waals surface area contributed by atoms with Gasteiger partial charge in [-0.15, -0.1) is 9.89 Å². The molecule has 0 aromatic carbocycles. The van der Waals surface area contributed by atoms with Gasteiger partial charge in [-0.05, 0) is 0 Å². The highest BCUT2D eigenvalue weighted by molar-refractivity contribution is 5.25. The van der Waals surface area contributed by atoms with Crippen molar-refractivity contribution in [2.24, 2.45) is 0 Å². The molecule has 0 amide bonds. The van der Waals surface area contributed by atoms with Gasteiger partial charge in [0.1, 0.15) is 0 Å². The van der Waals surface area contributed by atoms with Gasteiger partial charge in [-0.2, -0.15) is 4.98 Å². The standard InChI is InChI=1S/C2H6N6/c3-1-6-2(4)8(5)7-1/h5H2,(H4,3,4,6,7). The molecule has 1 heterocycles. The number of hydrogen-bond acceptors (Lipinski definition) is 5. The quantitative estimate of drug-likeness (QED) is 0.343. The van der Waals surface area contributed by atoms with E-state index < -0.39 is 0 Å². The summed E-state index contributed by atoms with van der Waals surface area (Å²) in [6.45, 7) is 0. The molecule has 0 radical (unpaired) electrons. The number of rotatable bonds is 0. The number of aromatic nitrogens is 3. The molecule has 0 saturated heterocycles. The van der Waals surface area contributed by atoms with Gasteiger partial charge < -0.3 is 17.3 Å². The molecular weight excluding hydrogens is 108 g/mol. The summed E-state index contributed by atoms with van der Waals surface area (Å²) in [7, 11) is 0. The molecule has 0 fully saturated rings. The molecule has 6 heteroatoms. The number of nitrogen functional groups attached to an aromatic ring is 3. The van der Waals surface area contributed by atoms with Crippen LogP contribution < -0.4 is 17.3 Å². The van der Waals surface area contributed by atoms with E-state index in [9.17, 15) is 0 Å². The normalized spacial score (nSPS) is 9.50. The van der Waals surface area contributed by atoms with E-state index >= 15 is 0 Å². The van der Waals surface area contributed by atoms with Crippen molar-refractivity contribution in [2.45, 2.75) is 0 Å². The van der Waals surface area contributed by atoms with Crippen LogP contribution in [0.15, 0.2) is 0 Å². The molecule has 1 rings (SSSR count). The summed E-state index contributed by atoms with van der Waals surface area (Å²) in [5.74, 6) is 5.28. The Labute approximate surface area is 45.2 Å². The minimum Gasteiger partial charge on any atom is -0.366 e. The molecule has 0 saturated carbocycles. The minimum absolute atomic E-state index is 0.0880. The van der Waals surface area contributed by atoms with Crippen LogP contribution in [0.25, 0.3) is 0 Å². The lowest BCUT2D eigenvalue weighted by atomic mass is 11.0. The zero-order chi connectivity index (χ0) is 6.15. The van der Waals surface area contributed by atoms with E-state index in [1.807, 2.05) is 0 Å². The third kappa shape index (κ3) is 0.512. The zero-order valence-electron chi connectivity index (χ0n) is 4.07. The van der Waals surface area contributed by atoms with Crippen molar-refractivity contribution < 1.29 is 0 Å². The summed E-state index contributed by atoms with van der Waals surface area (Å²) in [4.78, 5) is 4.41. The van der Waals surface area contributed by atoms with E-state index in [4.69, 9.17) is 17.3 Å². The summed E-state index contributed by atoms with van der Waals surface area (Å²) >= 11 is 0. The zero-order valence-corrected chi connectivity index (χ0v) is 4.07. The van der Waals surface area contributed by atoms with Crippen LogP contribution in [0.1, 0.15) is 0 Å². The Morgan fingerprint density at radius 2 is 2.00 bits per heavy atom. The molecule has 6 nitrogen and oxygen atoms in total. The first-order valence-electron chi connectivity index (χ1n) is 1.93. The SMILES string of the molecule is Nc1nc(N)n(N)n1. The molecule has 0 aliphatic heterocycles. The molecule has 0 unspecified atom stereocenters. The van der Waals surface area contributed by atoms with Crippen molar-refractivity contribution in [1.29, 1.82) is 0 Å². The second-order valence-electron chi connectivity index (χ2n) is 1.27. The van der Waals surface area contributed by atoms with E-state index in [0.29, 0.717) is 0 Å². The van der Waals surface area contributed by atoms with Gasteiger partial charge in [-0.1, -0.05) is 0 Å². The molecule has 0 bridgehead atoms. The molecule has 6 N–H and O–H groups in total. The van der Waals surface area contributed by atoms with Crippen LogP contribution >= 0.6 is 0 Å². The van der Waals surface area contributed by atoms with Gasteiger partial charge in [-0.3, -0.25) is 0 Å². The molecule has 0 atom stereocenters. The van der Waals surface area contributed by atoms with Gasteiger partial charge in [0.2, 0.25) is 11.9 Å². The monoisotopic (exact) mass is 114 g/mol. The second kappa shape index (κ2) is 1.25. The van der Waals surface area contributed by atoms with Crippen LogP contribution in [-0.4, -0.2) is 14.9 Å². The number of anilines is 2. The van der Waals surface area contributed by atoms with Crippen LogP contribution in [0.2, 0.25) is 0 Å². The highest BCUT2D eigenvalue weighted by Crippen LogP contribution is 1.93. The third-order valence-corrected chi connectivity index (χ3v) is 0.674. The molecule has 0 aliphatic rings. The Morgan fingerprint density at radius 3 is 2.12 bits per heavy atom. The van der Waals surface area contributed by atoms with Crippen molar-refractivity contribution in [2.75, 3.05) is 17.3 Å². The van der Waals surface area contributed by atoms with Gasteiger partial charge in [-0.25, -0.2) is 0 Å². The van der Waals surface area contributed by atoms with Crippen molar-refractivity contribution >= 4 is 11.9 Å². The van der Waals surface area contributed by atoms with Crippen LogP contribution in [0, 0.1) is 0 Å². The number of hydrogen-bond donors (Lipinski definition) is 3. The van der Waals surface area contributed by atoms with E-state index in [2.05, 4.69) is 10.1 Å². The molecule has 1 aromatic heterocycles. The minimum atomic E-state index is 0.0880. The fourth-order valence-corrected chi connectivity index (χ4v) is 0.353. The Hall–Kier alpha value is -1.46. The predicted octanol–water partition coefficient (Wildman–Crippen LogP) is -1.84. The summed E-state index contributed by atoms with van der Waals surface area (Å²) in [6, 6.07) is 0. The van der Waals surface area contributed by atoms with E-state index in [1.165, 1.54) is 0 Å². The fourth-order valence-electron chi connectivity index (χ4n) is 0.353. The molecule has 0 spiro atoms. The Bertz CT molecular complexity index is 169. The van der Waals surface area contributed by atoms with Gasteiger partial charge in [0.05, 0.1) is 0 Å². The van der Waals surface area contributed by atoms with Crippen LogP contribution in [0.4, 0.5) is 11.9 Å². The van der Waals surface area contributed by atoms with E-state index in [0.717, 1.165) is 4.79 Å². The van der Waals surface area contributed by atoms with Gasteiger partial charge in [0, 0.05) is 0 Å². The maximum atomic E-state index is 5.12. The van der Waals surface area contributed by atoms with Gasteiger partial charge >= 0.3 is 0 Å². The van der Waals surface area contributed by atoms with Crippen LogP contribution in [0.5, 0.6) is 0 Å². The number of nitrogens with zero attached hydrogens (tertiary/aromatic N) is 3. The van der Waals surface area contributed by atoms with E-state index in [-0.39, 0.29) is 11.9 Å². The first-order chi connectivity index (χ1) is 3.70. The lowest BCUT2D eigenvalue weighted by Gasteiger charge is -1.85. The highest BCUT2D eigenvalue weighted by atomic mass is 15.5. The third-order valence-electron chi connectivity index (χ3n) is 0.674. The molecular formula is C2H6N6. The second-order valence-corrected chi connectivity index (χ2v) is 1.27. The molecule has 44 valence electrons. The fraction of sp³-hybridized carbons (Fsp3) is 0. The predicted molar refractivity (Wildman–Crippen MR) is 29.0 cm³/mol. The van der Waals surface area contributed by atoms with Gasteiger partial charge in [0.15, 0.2) is 0 Å². The first kappa shape index (κ1) is 4.69. The summed E-state index contributed by atoms with van der Waals surface area (Å²) in [5, 5.41) is 3.45. The Morgan fingerprint density at radius 1 is 1.38 bits per heavy atom. The lowest BCUT2D eigenvalue weighted by molar-refractivity contribution is 0.847. The molecule has 0 aliphatic carbocycles. The maximum Gasteiger partial charge on any atom is 0.243 e. The average molecular weight is 114 g/mol. The van der Waals surface area contributed by atoms with Crippen molar-refractivity contribution in [3.63, 3.8) is 0 Å². The largest absolute Gasteiger partial charge is 0.366 e. The average Bonchev–Trinajstić information content (AvgIpc) is 1.85. The first-order valence-corrected chi connectivity index (χ1v) is 1.93. The van der Waals surface area contributed by atoms with Crippen molar-refractivity contribution in [3.8, 4) is 0 Å². The Balaban J connectivity index is 3.14. The molecule has 8 heavy (non-hydrogen) atoms. The Kier molecular flexibility index (Phi) is 0.736. The van der Waals surface area contributed by atoms with Crippen LogP contribution in [0.3, 0.4) is 0 Å². The summed E-state index contributed by atoms with van der Waals surface area (Å²) in [5.41, 5.74) is 10.2.